The number of nitrogens with one attached hydrogen (secondary N) is 1. The van der Waals surface area contributed by atoms with Crippen LogP contribution in [0, 0.1) is 0 Å². The third kappa shape index (κ3) is 3.73. The molecule has 0 fully saturated rings. The van der Waals surface area contributed by atoms with Crippen LogP contribution >= 0.6 is 34.2 Å². The summed E-state index contributed by atoms with van der Waals surface area (Å²) in [7, 11) is 1.39. The minimum atomic E-state index is -0.222. The van der Waals surface area contributed by atoms with E-state index in [9.17, 15) is 4.79 Å². The number of alkyl halides is 1. The molecule has 0 saturated heterocycles. The summed E-state index contributed by atoms with van der Waals surface area (Å²) in [6.45, 7) is 1.88. The van der Waals surface area contributed by atoms with E-state index in [2.05, 4.69) is 32.6 Å². The average molecular weight is 396 g/mol. The van der Waals surface area contributed by atoms with Gasteiger partial charge in [0.1, 0.15) is 9.67 Å². The molecule has 1 atom stereocenters. The van der Waals surface area contributed by atoms with Crippen LogP contribution in [0.2, 0.25) is 5.02 Å². The first kappa shape index (κ1) is 14.9. The van der Waals surface area contributed by atoms with Crippen molar-refractivity contribution in [3.63, 3.8) is 0 Å². The summed E-state index contributed by atoms with van der Waals surface area (Å²) in [5.74, 6) is 0.709. The van der Waals surface area contributed by atoms with Crippen LogP contribution in [0.15, 0.2) is 12.1 Å². The van der Waals surface area contributed by atoms with Crippen molar-refractivity contribution in [2.24, 2.45) is 0 Å². The molecule has 0 saturated carbocycles. The number of hydrogen-bond donors (Lipinski definition) is 1. The minimum absolute atomic E-state index is 0.198. The molecule has 6 heteroatoms. The van der Waals surface area contributed by atoms with Gasteiger partial charge in [-0.25, -0.2) is 0 Å². The van der Waals surface area contributed by atoms with Crippen molar-refractivity contribution in [3.8, 4) is 5.75 Å². The van der Waals surface area contributed by atoms with E-state index in [1.807, 2.05) is 12.1 Å². The molecule has 0 bridgehead atoms. The Morgan fingerprint density at radius 3 is 3.16 bits per heavy atom. The summed E-state index contributed by atoms with van der Waals surface area (Å²) in [6, 6.07) is 3.85. The zero-order valence-corrected chi connectivity index (χ0v) is 13.5. The molecule has 104 valence electrons. The van der Waals surface area contributed by atoms with Crippen LogP contribution in [-0.2, 0) is 22.5 Å². The predicted octanol–water partition coefficient (Wildman–Crippen LogP) is 2.34. The van der Waals surface area contributed by atoms with Gasteiger partial charge in [0.15, 0.2) is 0 Å². The smallest absolute Gasteiger partial charge is 0.319 e. The number of halogens is 2. The number of methoxy groups -OCH3 is 1. The first-order valence-electron chi connectivity index (χ1n) is 5.98. The highest BCUT2D eigenvalue weighted by molar-refractivity contribution is 14.1. The molecular formula is C13H15ClINO3. The maximum atomic E-state index is 11.3. The van der Waals surface area contributed by atoms with E-state index in [0.29, 0.717) is 19.7 Å². The van der Waals surface area contributed by atoms with Crippen molar-refractivity contribution in [2.45, 2.75) is 16.9 Å². The van der Waals surface area contributed by atoms with E-state index in [-0.39, 0.29) is 9.89 Å². The molecule has 0 aliphatic carbocycles. The van der Waals surface area contributed by atoms with Gasteiger partial charge in [0.05, 0.1) is 13.7 Å². The van der Waals surface area contributed by atoms with E-state index >= 15 is 0 Å². The highest BCUT2D eigenvalue weighted by Gasteiger charge is 2.18. The second-order valence-corrected chi connectivity index (χ2v) is 6.21. The summed E-state index contributed by atoms with van der Waals surface area (Å²) < 4.78 is 10.1. The molecule has 4 nitrogen and oxygen atoms in total. The largest absolute Gasteiger partial charge is 0.493 e. The third-order valence-electron chi connectivity index (χ3n) is 2.92. The topological polar surface area (TPSA) is 47.6 Å². The van der Waals surface area contributed by atoms with Crippen molar-refractivity contribution in [3.05, 3.63) is 28.3 Å². The fourth-order valence-corrected chi connectivity index (χ4v) is 2.85. The Balaban J connectivity index is 1.95. The van der Waals surface area contributed by atoms with E-state index < -0.39 is 0 Å². The van der Waals surface area contributed by atoms with E-state index in [4.69, 9.17) is 16.3 Å². The quantitative estimate of drug-likeness (QED) is 0.472. The van der Waals surface area contributed by atoms with Gasteiger partial charge in [0, 0.05) is 30.1 Å². The maximum absolute atomic E-state index is 11.3. The van der Waals surface area contributed by atoms with Gasteiger partial charge < -0.3 is 14.8 Å². The van der Waals surface area contributed by atoms with Crippen molar-refractivity contribution in [1.82, 2.24) is 5.32 Å². The SMILES string of the molecule is COC(=O)C(I)CNCc1cc(Cl)cc2c1OCC2. The molecule has 1 aromatic carbocycles. The van der Waals surface area contributed by atoms with E-state index in [1.54, 1.807) is 0 Å². The number of carbonyl (C=O) groups is 1. The Morgan fingerprint density at radius 2 is 2.42 bits per heavy atom. The molecule has 1 aliphatic rings. The van der Waals surface area contributed by atoms with Gasteiger partial charge in [-0.05, 0) is 17.7 Å². The molecule has 2 rings (SSSR count). The van der Waals surface area contributed by atoms with Gasteiger partial charge in [-0.3, -0.25) is 4.79 Å². The fourth-order valence-electron chi connectivity index (χ4n) is 2.02. The molecule has 0 aromatic heterocycles. The summed E-state index contributed by atoms with van der Waals surface area (Å²) in [5, 5.41) is 3.95. The molecule has 1 aliphatic heterocycles. The number of rotatable bonds is 5. The number of fused-ring (bicyclic) bond motifs is 1. The van der Waals surface area contributed by atoms with E-state index in [0.717, 1.165) is 28.3 Å². The van der Waals surface area contributed by atoms with Crippen molar-refractivity contribution in [2.75, 3.05) is 20.3 Å². The minimum Gasteiger partial charge on any atom is -0.493 e. The number of carbonyl (C=O) groups excluding carboxylic acids is 1. The summed E-state index contributed by atoms with van der Waals surface area (Å²) >= 11 is 8.14. The molecule has 1 unspecified atom stereocenters. The van der Waals surface area contributed by atoms with Crippen LogP contribution in [0.1, 0.15) is 11.1 Å². The molecule has 0 amide bonds. The Bertz CT molecular complexity index is 481. The molecule has 19 heavy (non-hydrogen) atoms. The fraction of sp³-hybridized carbons (Fsp3) is 0.462. The first-order chi connectivity index (χ1) is 9.11. The standard InChI is InChI=1S/C13H15ClINO3/c1-18-13(17)11(15)7-16-6-9-5-10(14)4-8-2-3-19-12(8)9/h4-5,11,16H,2-3,6-7H2,1H3. The lowest BCUT2D eigenvalue weighted by molar-refractivity contribution is -0.139. The second kappa shape index (κ2) is 6.76. The van der Waals surface area contributed by atoms with Gasteiger partial charge in [0.2, 0.25) is 0 Å². The van der Waals surface area contributed by atoms with Crippen LogP contribution in [0.3, 0.4) is 0 Å². The summed E-state index contributed by atoms with van der Waals surface area (Å²) in [4.78, 5) is 11.3. The van der Waals surface area contributed by atoms with Gasteiger partial charge in [-0.2, -0.15) is 0 Å². The van der Waals surface area contributed by atoms with Crippen LogP contribution in [0.4, 0.5) is 0 Å². The number of esters is 1. The van der Waals surface area contributed by atoms with Gasteiger partial charge >= 0.3 is 5.97 Å². The zero-order valence-electron chi connectivity index (χ0n) is 10.5. The lowest BCUT2D eigenvalue weighted by atomic mass is 10.1. The van der Waals surface area contributed by atoms with E-state index in [1.165, 1.54) is 7.11 Å². The van der Waals surface area contributed by atoms with Crippen LogP contribution in [-0.4, -0.2) is 30.2 Å². The maximum Gasteiger partial charge on any atom is 0.319 e. The van der Waals surface area contributed by atoms with Crippen LogP contribution in [0.25, 0.3) is 0 Å². The molecule has 1 N–H and O–H groups in total. The van der Waals surface area contributed by atoms with Gasteiger partial charge in [-0.15, -0.1) is 0 Å². The Kier molecular flexibility index (Phi) is 5.29. The summed E-state index contributed by atoms with van der Waals surface area (Å²) in [5.41, 5.74) is 2.19. The molecule has 0 radical (unpaired) electrons. The zero-order chi connectivity index (χ0) is 13.8. The molecular weight excluding hydrogens is 381 g/mol. The number of benzene rings is 1. The van der Waals surface area contributed by atoms with Gasteiger partial charge in [0.25, 0.3) is 0 Å². The summed E-state index contributed by atoms with van der Waals surface area (Å²) in [6.07, 6.45) is 0.903. The molecule has 0 spiro atoms. The first-order valence-corrected chi connectivity index (χ1v) is 7.61. The van der Waals surface area contributed by atoms with Crippen molar-refractivity contribution in [1.29, 1.82) is 0 Å². The Morgan fingerprint density at radius 1 is 1.63 bits per heavy atom. The normalized spacial score (nSPS) is 14.7. The second-order valence-electron chi connectivity index (χ2n) is 4.27. The highest BCUT2D eigenvalue weighted by Crippen LogP contribution is 2.32. The predicted molar refractivity (Wildman–Crippen MR) is 82.2 cm³/mol. The lowest BCUT2D eigenvalue weighted by Crippen LogP contribution is -2.29. The van der Waals surface area contributed by atoms with Gasteiger partial charge in [-0.1, -0.05) is 34.2 Å². The van der Waals surface area contributed by atoms with Crippen LogP contribution in [0.5, 0.6) is 5.75 Å². The lowest BCUT2D eigenvalue weighted by Gasteiger charge is -2.12. The Labute approximate surface area is 130 Å². The third-order valence-corrected chi connectivity index (χ3v) is 4.09. The van der Waals surface area contributed by atoms with Crippen LogP contribution < -0.4 is 10.1 Å². The molecule has 1 heterocycles. The molecule has 1 aromatic rings. The monoisotopic (exact) mass is 395 g/mol. The average Bonchev–Trinajstić information content (AvgIpc) is 2.85. The highest BCUT2D eigenvalue weighted by atomic mass is 127. The number of hydrogen-bond acceptors (Lipinski definition) is 4. The number of ether oxygens (including phenoxy) is 2. The van der Waals surface area contributed by atoms with Crippen molar-refractivity contribution >= 4 is 40.2 Å². The Hall–Kier alpha value is -0.530. The van der Waals surface area contributed by atoms with Crippen molar-refractivity contribution < 1.29 is 14.3 Å².